The lowest BCUT2D eigenvalue weighted by molar-refractivity contribution is 0.197. The average molecular weight is 298 g/mol. The van der Waals surface area contributed by atoms with E-state index >= 15 is 0 Å². The maximum absolute atomic E-state index is 5.04. The molecule has 0 bridgehead atoms. The van der Waals surface area contributed by atoms with Crippen LogP contribution in [0.1, 0.15) is 32.0 Å². The van der Waals surface area contributed by atoms with Crippen LogP contribution in [0.2, 0.25) is 0 Å². The van der Waals surface area contributed by atoms with Gasteiger partial charge in [-0.25, -0.2) is 4.98 Å². The molecule has 5 nitrogen and oxygen atoms in total. The van der Waals surface area contributed by atoms with Gasteiger partial charge in [-0.1, -0.05) is 6.92 Å². The fourth-order valence-corrected chi connectivity index (χ4v) is 3.27. The fraction of sp³-hybridized carbons (Fsp3) is 0.857. The van der Waals surface area contributed by atoms with Crippen LogP contribution in [0.15, 0.2) is 0 Å². The van der Waals surface area contributed by atoms with Gasteiger partial charge in [-0.15, -0.1) is 0 Å². The molecule has 1 aromatic rings. The Balaban J connectivity index is 1.70. The molecule has 0 saturated carbocycles. The van der Waals surface area contributed by atoms with Gasteiger partial charge in [0.1, 0.15) is 5.82 Å². The molecule has 1 fully saturated rings. The molecule has 0 unspecified atom stereocenters. The molecular formula is C14H26N4OS. The van der Waals surface area contributed by atoms with Gasteiger partial charge >= 0.3 is 0 Å². The number of nitrogens with one attached hydrogen (secondary N) is 1. The summed E-state index contributed by atoms with van der Waals surface area (Å²) in [4.78, 5) is 7.03. The van der Waals surface area contributed by atoms with Crippen molar-refractivity contribution in [1.29, 1.82) is 0 Å². The van der Waals surface area contributed by atoms with E-state index in [1.807, 2.05) is 0 Å². The van der Waals surface area contributed by atoms with Crippen LogP contribution in [0.5, 0.6) is 0 Å². The second kappa shape index (κ2) is 8.54. The van der Waals surface area contributed by atoms with E-state index in [1.54, 1.807) is 18.6 Å². The topological polar surface area (TPSA) is 50.3 Å². The molecule has 0 aromatic carbocycles. The number of rotatable bonds is 8. The van der Waals surface area contributed by atoms with Crippen molar-refractivity contribution in [2.45, 2.75) is 32.6 Å². The second-order valence-corrected chi connectivity index (χ2v) is 6.10. The van der Waals surface area contributed by atoms with Crippen LogP contribution in [0.3, 0.4) is 0 Å². The minimum atomic E-state index is 0.783. The molecule has 0 radical (unpaired) electrons. The van der Waals surface area contributed by atoms with E-state index in [2.05, 4.69) is 26.5 Å². The number of aryl methyl sites for hydroxylation is 1. The molecule has 0 atom stereocenters. The third kappa shape index (κ3) is 4.68. The minimum Gasteiger partial charge on any atom is -0.383 e. The van der Waals surface area contributed by atoms with Gasteiger partial charge in [-0.05, 0) is 31.7 Å². The molecule has 0 amide bonds. The standard InChI is InChI=1S/C14H26N4OS/c1-3-4-13-16-14(20-17-13)18-8-5-12(6-9-18)11-15-7-10-19-2/h12,15H,3-11H2,1-2H3. The van der Waals surface area contributed by atoms with E-state index in [-0.39, 0.29) is 0 Å². The number of anilines is 1. The largest absolute Gasteiger partial charge is 0.383 e. The van der Waals surface area contributed by atoms with Crippen LogP contribution in [-0.2, 0) is 11.2 Å². The summed E-state index contributed by atoms with van der Waals surface area (Å²) in [6.07, 6.45) is 4.59. The van der Waals surface area contributed by atoms with Crippen LogP contribution >= 0.6 is 11.5 Å². The zero-order valence-electron chi connectivity index (χ0n) is 12.6. The number of ether oxygens (including phenoxy) is 1. The smallest absolute Gasteiger partial charge is 0.205 e. The Morgan fingerprint density at radius 1 is 1.40 bits per heavy atom. The van der Waals surface area contributed by atoms with Gasteiger partial charge in [-0.2, -0.15) is 4.37 Å². The highest BCUT2D eigenvalue weighted by molar-refractivity contribution is 7.09. The molecular weight excluding hydrogens is 272 g/mol. The zero-order valence-corrected chi connectivity index (χ0v) is 13.4. The summed E-state index contributed by atoms with van der Waals surface area (Å²) in [5.41, 5.74) is 0. The molecule has 1 aliphatic rings. The SMILES string of the molecule is CCCc1nsc(N2CCC(CNCCOC)CC2)n1. The van der Waals surface area contributed by atoms with E-state index in [0.717, 1.165) is 62.5 Å². The minimum absolute atomic E-state index is 0.783. The Hall–Kier alpha value is -0.720. The van der Waals surface area contributed by atoms with Gasteiger partial charge in [0.2, 0.25) is 5.13 Å². The summed E-state index contributed by atoms with van der Waals surface area (Å²) in [5.74, 6) is 1.79. The van der Waals surface area contributed by atoms with Crippen molar-refractivity contribution in [3.8, 4) is 0 Å². The first-order valence-electron chi connectivity index (χ1n) is 7.60. The Morgan fingerprint density at radius 3 is 2.90 bits per heavy atom. The summed E-state index contributed by atoms with van der Waals surface area (Å²) in [6, 6.07) is 0. The molecule has 6 heteroatoms. The van der Waals surface area contributed by atoms with Gasteiger partial charge in [-0.3, -0.25) is 0 Å². The van der Waals surface area contributed by atoms with Gasteiger partial charge in [0.05, 0.1) is 6.61 Å². The molecule has 1 aliphatic heterocycles. The highest BCUT2D eigenvalue weighted by atomic mass is 32.1. The van der Waals surface area contributed by atoms with Crippen molar-refractivity contribution in [2.24, 2.45) is 5.92 Å². The van der Waals surface area contributed by atoms with Gasteiger partial charge < -0.3 is 15.0 Å². The summed E-state index contributed by atoms with van der Waals surface area (Å²) in [6.45, 7) is 7.24. The van der Waals surface area contributed by atoms with Gasteiger partial charge in [0.25, 0.3) is 0 Å². The number of hydrogen-bond acceptors (Lipinski definition) is 6. The quantitative estimate of drug-likeness (QED) is 0.743. The Kier molecular flexibility index (Phi) is 6.69. The summed E-state index contributed by atoms with van der Waals surface area (Å²) < 4.78 is 9.48. The predicted molar refractivity (Wildman–Crippen MR) is 83.6 cm³/mol. The number of aromatic nitrogens is 2. The number of nitrogens with zero attached hydrogens (tertiary/aromatic N) is 3. The first-order valence-corrected chi connectivity index (χ1v) is 8.38. The Labute approximate surface area is 125 Å². The van der Waals surface area contributed by atoms with Crippen LogP contribution in [0, 0.1) is 5.92 Å². The van der Waals surface area contributed by atoms with Gasteiger partial charge in [0, 0.05) is 44.7 Å². The van der Waals surface area contributed by atoms with Crippen molar-refractivity contribution < 1.29 is 4.74 Å². The normalized spacial score (nSPS) is 16.8. The lowest BCUT2D eigenvalue weighted by Gasteiger charge is -2.31. The molecule has 0 spiro atoms. The fourth-order valence-electron chi connectivity index (χ4n) is 2.51. The monoisotopic (exact) mass is 298 g/mol. The molecule has 2 heterocycles. The zero-order chi connectivity index (χ0) is 14.2. The Bertz CT molecular complexity index is 377. The summed E-state index contributed by atoms with van der Waals surface area (Å²) in [7, 11) is 1.75. The van der Waals surface area contributed by atoms with Crippen molar-refractivity contribution in [3.63, 3.8) is 0 Å². The summed E-state index contributed by atoms with van der Waals surface area (Å²) >= 11 is 1.55. The second-order valence-electron chi connectivity index (χ2n) is 5.37. The summed E-state index contributed by atoms with van der Waals surface area (Å²) in [5, 5.41) is 4.57. The van der Waals surface area contributed by atoms with Crippen LogP contribution in [-0.4, -0.2) is 49.3 Å². The van der Waals surface area contributed by atoms with E-state index in [0.29, 0.717) is 0 Å². The number of hydrogen-bond donors (Lipinski definition) is 1. The average Bonchev–Trinajstić information content (AvgIpc) is 2.93. The molecule has 1 saturated heterocycles. The lowest BCUT2D eigenvalue weighted by Crippen LogP contribution is -2.37. The van der Waals surface area contributed by atoms with Crippen LogP contribution in [0.4, 0.5) is 5.13 Å². The van der Waals surface area contributed by atoms with Gasteiger partial charge in [0.15, 0.2) is 0 Å². The third-order valence-corrected chi connectivity index (χ3v) is 4.55. The van der Waals surface area contributed by atoms with Crippen molar-refractivity contribution >= 4 is 16.7 Å². The number of methoxy groups -OCH3 is 1. The van der Waals surface area contributed by atoms with Crippen LogP contribution < -0.4 is 10.2 Å². The molecule has 1 N–H and O–H groups in total. The third-order valence-electron chi connectivity index (χ3n) is 3.73. The first-order chi connectivity index (χ1) is 9.83. The highest BCUT2D eigenvalue weighted by Crippen LogP contribution is 2.24. The molecule has 1 aromatic heterocycles. The van der Waals surface area contributed by atoms with E-state index in [4.69, 9.17) is 4.74 Å². The van der Waals surface area contributed by atoms with Crippen LogP contribution in [0.25, 0.3) is 0 Å². The maximum Gasteiger partial charge on any atom is 0.205 e. The van der Waals surface area contributed by atoms with E-state index in [1.165, 1.54) is 12.8 Å². The van der Waals surface area contributed by atoms with Crippen molar-refractivity contribution in [3.05, 3.63) is 5.82 Å². The number of piperidine rings is 1. The van der Waals surface area contributed by atoms with E-state index in [9.17, 15) is 0 Å². The maximum atomic E-state index is 5.04. The van der Waals surface area contributed by atoms with E-state index < -0.39 is 0 Å². The lowest BCUT2D eigenvalue weighted by atomic mass is 9.97. The highest BCUT2D eigenvalue weighted by Gasteiger charge is 2.21. The van der Waals surface area contributed by atoms with Crippen molar-refractivity contribution in [1.82, 2.24) is 14.7 Å². The first kappa shape index (κ1) is 15.7. The molecule has 114 valence electrons. The Morgan fingerprint density at radius 2 is 2.20 bits per heavy atom. The van der Waals surface area contributed by atoms with Crippen molar-refractivity contribution in [2.75, 3.05) is 44.8 Å². The molecule has 0 aliphatic carbocycles. The predicted octanol–water partition coefficient (Wildman–Crippen LogP) is 1.94. The molecule has 20 heavy (non-hydrogen) atoms. The molecule has 2 rings (SSSR count).